The first-order valence-corrected chi connectivity index (χ1v) is 6.41. The zero-order chi connectivity index (χ0) is 13.7. The molecule has 0 radical (unpaired) electrons. The van der Waals surface area contributed by atoms with E-state index in [-0.39, 0.29) is 36.7 Å². The number of halogens is 3. The molecule has 2 rings (SSSR count). The van der Waals surface area contributed by atoms with E-state index in [0.29, 0.717) is 12.2 Å². The van der Waals surface area contributed by atoms with Crippen molar-refractivity contribution in [1.29, 1.82) is 5.26 Å². The quantitative estimate of drug-likeness (QED) is 0.918. The number of nitrogens with one attached hydrogen (secondary N) is 1. The summed E-state index contributed by atoms with van der Waals surface area (Å²) in [6, 6.07) is 6.56. The number of benzene rings is 1. The number of nitrogens with zero attached hydrogens (tertiary/aromatic N) is 2. The Kier molecular flexibility index (Phi) is 9.31. The van der Waals surface area contributed by atoms with Crippen molar-refractivity contribution in [1.82, 2.24) is 10.2 Å². The molecule has 1 atom stereocenters. The molecule has 4 nitrogen and oxygen atoms in total. The van der Waals surface area contributed by atoms with Crippen LogP contribution in [-0.4, -0.2) is 38.2 Å². The standard InChI is InChI=1S/C14H18FN3O.2ClH/c1-19-14-3-2-11(15)10-12(14)13(4-5-16)18-8-6-17-7-9-18;;/h2-3,10,13,17H,4,6-9H2,1H3;2*1H/t13-;;/m0../s1. The van der Waals surface area contributed by atoms with Crippen LogP contribution in [0.2, 0.25) is 0 Å². The van der Waals surface area contributed by atoms with Crippen LogP contribution in [0.1, 0.15) is 18.0 Å². The van der Waals surface area contributed by atoms with Gasteiger partial charge in [0.2, 0.25) is 0 Å². The lowest BCUT2D eigenvalue weighted by molar-refractivity contribution is 0.172. The predicted octanol–water partition coefficient (Wildman–Crippen LogP) is 2.54. The molecular formula is C14H20Cl2FN3O. The highest BCUT2D eigenvalue weighted by molar-refractivity contribution is 5.85. The predicted molar refractivity (Wildman–Crippen MR) is 84.9 cm³/mol. The van der Waals surface area contributed by atoms with Crippen molar-refractivity contribution in [3.63, 3.8) is 0 Å². The Hall–Kier alpha value is -1.06. The van der Waals surface area contributed by atoms with Gasteiger partial charge in [0.1, 0.15) is 11.6 Å². The molecule has 1 aromatic rings. The fourth-order valence-electron chi connectivity index (χ4n) is 2.48. The summed E-state index contributed by atoms with van der Waals surface area (Å²) in [4.78, 5) is 2.21. The van der Waals surface area contributed by atoms with E-state index in [9.17, 15) is 4.39 Å². The highest BCUT2D eigenvalue weighted by Crippen LogP contribution is 2.32. The van der Waals surface area contributed by atoms with Crippen molar-refractivity contribution in [2.75, 3.05) is 33.3 Å². The third-order valence-corrected chi connectivity index (χ3v) is 3.43. The average molecular weight is 336 g/mol. The molecule has 0 bridgehead atoms. The van der Waals surface area contributed by atoms with Crippen LogP contribution < -0.4 is 10.1 Å². The van der Waals surface area contributed by atoms with Crippen LogP contribution in [-0.2, 0) is 0 Å². The van der Waals surface area contributed by atoms with Crippen molar-refractivity contribution < 1.29 is 9.13 Å². The average Bonchev–Trinajstić information content (AvgIpc) is 2.45. The molecule has 0 aromatic heterocycles. The van der Waals surface area contributed by atoms with Crippen molar-refractivity contribution >= 4 is 24.8 Å². The maximum atomic E-state index is 13.5. The van der Waals surface area contributed by atoms with Gasteiger partial charge in [0.05, 0.1) is 25.6 Å². The summed E-state index contributed by atoms with van der Waals surface area (Å²) < 4.78 is 18.8. The number of methoxy groups -OCH3 is 1. The molecule has 21 heavy (non-hydrogen) atoms. The van der Waals surface area contributed by atoms with Gasteiger partial charge in [0, 0.05) is 31.7 Å². The molecule has 1 N–H and O–H groups in total. The smallest absolute Gasteiger partial charge is 0.123 e. The Labute approximate surface area is 137 Å². The van der Waals surface area contributed by atoms with Gasteiger partial charge in [-0.05, 0) is 18.2 Å². The van der Waals surface area contributed by atoms with E-state index < -0.39 is 0 Å². The van der Waals surface area contributed by atoms with Crippen molar-refractivity contribution in [2.24, 2.45) is 0 Å². The number of nitriles is 1. The van der Waals surface area contributed by atoms with Gasteiger partial charge in [-0.3, -0.25) is 4.90 Å². The van der Waals surface area contributed by atoms with Gasteiger partial charge < -0.3 is 10.1 Å². The van der Waals surface area contributed by atoms with Crippen LogP contribution in [0, 0.1) is 17.1 Å². The Balaban J connectivity index is 0.00000200. The topological polar surface area (TPSA) is 48.3 Å². The van der Waals surface area contributed by atoms with Gasteiger partial charge >= 0.3 is 0 Å². The van der Waals surface area contributed by atoms with Gasteiger partial charge in [0.25, 0.3) is 0 Å². The van der Waals surface area contributed by atoms with Crippen LogP contribution in [0.3, 0.4) is 0 Å². The molecule has 1 saturated heterocycles. The largest absolute Gasteiger partial charge is 0.496 e. The first-order chi connectivity index (χ1) is 9.26. The zero-order valence-corrected chi connectivity index (χ0v) is 13.5. The SMILES string of the molecule is COc1ccc(F)cc1[C@H](CC#N)N1CCNCC1.Cl.Cl. The first-order valence-electron chi connectivity index (χ1n) is 6.41. The van der Waals surface area contributed by atoms with E-state index in [1.165, 1.54) is 12.1 Å². The van der Waals surface area contributed by atoms with E-state index >= 15 is 0 Å². The lowest BCUT2D eigenvalue weighted by Gasteiger charge is -2.34. The summed E-state index contributed by atoms with van der Waals surface area (Å²) in [5, 5.41) is 12.3. The molecule has 118 valence electrons. The molecule has 1 heterocycles. The van der Waals surface area contributed by atoms with Crippen molar-refractivity contribution in [3.05, 3.63) is 29.6 Å². The first kappa shape index (κ1) is 19.9. The summed E-state index contributed by atoms with van der Waals surface area (Å²) in [6.45, 7) is 3.48. The maximum Gasteiger partial charge on any atom is 0.123 e. The molecule has 0 saturated carbocycles. The van der Waals surface area contributed by atoms with Gasteiger partial charge in [-0.2, -0.15) is 5.26 Å². The maximum absolute atomic E-state index is 13.5. The molecule has 1 aliphatic rings. The van der Waals surface area contributed by atoms with E-state index in [1.807, 2.05) is 0 Å². The highest BCUT2D eigenvalue weighted by atomic mass is 35.5. The van der Waals surface area contributed by atoms with Crippen LogP contribution in [0.4, 0.5) is 4.39 Å². The lowest BCUT2D eigenvalue weighted by Crippen LogP contribution is -2.45. The minimum absolute atomic E-state index is 0. The van der Waals surface area contributed by atoms with Crippen LogP contribution >= 0.6 is 24.8 Å². The normalized spacial score (nSPS) is 16.0. The van der Waals surface area contributed by atoms with Crippen molar-refractivity contribution in [3.8, 4) is 11.8 Å². The summed E-state index contributed by atoms with van der Waals surface area (Å²) >= 11 is 0. The second-order valence-electron chi connectivity index (χ2n) is 4.55. The van der Waals surface area contributed by atoms with Gasteiger partial charge in [-0.1, -0.05) is 0 Å². The Morgan fingerprint density at radius 1 is 1.38 bits per heavy atom. The molecule has 0 aliphatic carbocycles. The fourth-order valence-corrected chi connectivity index (χ4v) is 2.48. The monoisotopic (exact) mass is 335 g/mol. The number of rotatable bonds is 4. The molecular weight excluding hydrogens is 316 g/mol. The van der Waals surface area contributed by atoms with Gasteiger partial charge in [0.15, 0.2) is 0 Å². The second-order valence-corrected chi connectivity index (χ2v) is 4.55. The minimum Gasteiger partial charge on any atom is -0.496 e. The number of hydrogen-bond donors (Lipinski definition) is 1. The van der Waals surface area contributed by atoms with E-state index in [4.69, 9.17) is 10.00 Å². The minimum atomic E-state index is -0.297. The van der Waals surface area contributed by atoms with Crippen LogP contribution in [0.15, 0.2) is 18.2 Å². The van der Waals surface area contributed by atoms with E-state index in [2.05, 4.69) is 16.3 Å². The van der Waals surface area contributed by atoms with Crippen LogP contribution in [0.5, 0.6) is 5.75 Å². The van der Waals surface area contributed by atoms with Gasteiger partial charge in [-0.25, -0.2) is 4.39 Å². The third kappa shape index (κ3) is 5.01. The Bertz CT molecular complexity index is 476. The van der Waals surface area contributed by atoms with E-state index in [1.54, 1.807) is 13.2 Å². The summed E-state index contributed by atoms with van der Waals surface area (Å²) in [5.74, 6) is 0.342. The molecule has 0 spiro atoms. The molecule has 1 fully saturated rings. The highest BCUT2D eigenvalue weighted by Gasteiger charge is 2.25. The number of piperazine rings is 1. The van der Waals surface area contributed by atoms with Crippen molar-refractivity contribution in [2.45, 2.75) is 12.5 Å². The fraction of sp³-hybridized carbons (Fsp3) is 0.500. The summed E-state index contributed by atoms with van der Waals surface area (Å²) in [6.07, 6.45) is 0.333. The van der Waals surface area contributed by atoms with Gasteiger partial charge in [-0.15, -0.1) is 24.8 Å². The van der Waals surface area contributed by atoms with E-state index in [0.717, 1.165) is 31.7 Å². The third-order valence-electron chi connectivity index (χ3n) is 3.43. The molecule has 1 aromatic carbocycles. The second kappa shape index (κ2) is 9.80. The molecule has 7 heteroatoms. The number of ether oxygens (including phenoxy) is 1. The zero-order valence-electron chi connectivity index (χ0n) is 11.8. The molecule has 0 amide bonds. The summed E-state index contributed by atoms with van der Waals surface area (Å²) in [5.41, 5.74) is 0.756. The van der Waals surface area contributed by atoms with Crippen LogP contribution in [0.25, 0.3) is 0 Å². The number of hydrogen-bond acceptors (Lipinski definition) is 4. The Morgan fingerprint density at radius 2 is 2.05 bits per heavy atom. The Morgan fingerprint density at radius 3 is 2.62 bits per heavy atom. The molecule has 1 aliphatic heterocycles. The molecule has 0 unspecified atom stereocenters. The lowest BCUT2D eigenvalue weighted by atomic mass is 10.0. The summed E-state index contributed by atoms with van der Waals surface area (Å²) in [7, 11) is 1.57.